The second-order valence-electron chi connectivity index (χ2n) is 7.63. The number of nitrogens with one attached hydrogen (secondary N) is 2. The molecule has 7 nitrogen and oxygen atoms in total. The lowest BCUT2D eigenvalue weighted by atomic mass is 10.0. The lowest BCUT2D eigenvalue weighted by molar-refractivity contribution is -0.862. The Hall–Kier alpha value is -2.41. The third kappa shape index (κ3) is 5.53. The van der Waals surface area contributed by atoms with Gasteiger partial charge in [0.2, 0.25) is 5.91 Å². The molecule has 0 aliphatic carbocycles. The van der Waals surface area contributed by atoms with Crippen LogP contribution >= 0.6 is 0 Å². The van der Waals surface area contributed by atoms with E-state index in [4.69, 9.17) is 5.73 Å². The molecule has 2 rings (SSSR count). The van der Waals surface area contributed by atoms with Crippen LogP contribution in [-0.2, 0) is 14.4 Å². The molecule has 0 saturated carbocycles. The molecule has 1 unspecified atom stereocenters. The van der Waals surface area contributed by atoms with E-state index in [1.165, 1.54) is 0 Å². The van der Waals surface area contributed by atoms with Gasteiger partial charge in [-0.2, -0.15) is 0 Å². The standard InChI is InChI=1S/C20H30N4O3/c1-13-9-14(2)19(15(3)10-13)22-17(25)11-23(4)12-18(26)24-8-6-5-7-16(24)20(21)27/h9-10,16H,5-8,11-12H2,1-4H3,(H2,21,27)(H,22,25)/p+1/t16-/m1/s1. The number of carbonyl (C=O) groups excluding carboxylic acids is 3. The Kier molecular flexibility index (Phi) is 6.96. The second kappa shape index (κ2) is 8.99. The van der Waals surface area contributed by atoms with E-state index >= 15 is 0 Å². The van der Waals surface area contributed by atoms with E-state index in [0.29, 0.717) is 13.0 Å². The predicted molar refractivity (Wildman–Crippen MR) is 104 cm³/mol. The topological polar surface area (TPSA) is 96.9 Å². The zero-order chi connectivity index (χ0) is 20.1. The number of nitrogens with zero attached hydrogens (tertiary/aromatic N) is 1. The summed E-state index contributed by atoms with van der Waals surface area (Å²) in [5.74, 6) is -0.726. The minimum absolute atomic E-state index is 0.133. The van der Waals surface area contributed by atoms with Crippen molar-refractivity contribution in [3.8, 4) is 0 Å². The Morgan fingerprint density at radius 2 is 1.78 bits per heavy atom. The van der Waals surface area contributed by atoms with E-state index in [1.54, 1.807) is 11.9 Å². The number of piperidine rings is 1. The highest BCUT2D eigenvalue weighted by Crippen LogP contribution is 2.21. The number of primary amides is 1. The molecule has 1 aromatic rings. The third-order valence-corrected chi connectivity index (χ3v) is 5.01. The Bertz CT molecular complexity index is 709. The summed E-state index contributed by atoms with van der Waals surface area (Å²) < 4.78 is 0. The van der Waals surface area contributed by atoms with Crippen molar-refractivity contribution in [2.45, 2.75) is 46.1 Å². The zero-order valence-corrected chi connectivity index (χ0v) is 16.7. The number of hydrogen-bond acceptors (Lipinski definition) is 3. The lowest BCUT2D eigenvalue weighted by Gasteiger charge is -2.33. The largest absolute Gasteiger partial charge is 0.368 e. The van der Waals surface area contributed by atoms with E-state index < -0.39 is 11.9 Å². The number of likely N-dealkylation sites (tertiary alicyclic amines) is 1. The molecular formula is C20H31N4O3+. The zero-order valence-electron chi connectivity index (χ0n) is 16.7. The van der Waals surface area contributed by atoms with Crippen molar-refractivity contribution >= 4 is 23.4 Å². The quantitative estimate of drug-likeness (QED) is 0.649. The average molecular weight is 375 g/mol. The van der Waals surface area contributed by atoms with Gasteiger partial charge in [0.1, 0.15) is 6.04 Å². The first kappa shape index (κ1) is 20.9. The summed E-state index contributed by atoms with van der Waals surface area (Å²) in [5.41, 5.74) is 9.45. The number of nitrogens with two attached hydrogens (primary N) is 1. The van der Waals surface area contributed by atoms with Crippen molar-refractivity contribution < 1.29 is 19.3 Å². The van der Waals surface area contributed by atoms with Gasteiger partial charge in [-0.25, -0.2) is 0 Å². The third-order valence-electron chi connectivity index (χ3n) is 5.01. The molecule has 7 heteroatoms. The molecule has 1 heterocycles. The highest BCUT2D eigenvalue weighted by Gasteiger charge is 2.32. The molecule has 27 heavy (non-hydrogen) atoms. The maximum Gasteiger partial charge on any atom is 0.279 e. The van der Waals surface area contributed by atoms with E-state index in [-0.39, 0.29) is 24.9 Å². The average Bonchev–Trinajstić information content (AvgIpc) is 2.57. The molecule has 1 fully saturated rings. The van der Waals surface area contributed by atoms with Crippen LogP contribution in [0.1, 0.15) is 36.0 Å². The number of carbonyl (C=O) groups is 3. The van der Waals surface area contributed by atoms with Crippen LogP contribution < -0.4 is 16.0 Å². The highest BCUT2D eigenvalue weighted by atomic mass is 16.2. The number of quaternary nitrogens is 1. The van der Waals surface area contributed by atoms with Gasteiger partial charge in [-0.3, -0.25) is 14.4 Å². The van der Waals surface area contributed by atoms with Gasteiger partial charge in [0.25, 0.3) is 11.8 Å². The SMILES string of the molecule is Cc1cc(C)c(NC(=O)C[NH+](C)CC(=O)N2CCCC[C@@H]2C(N)=O)c(C)c1. The molecule has 0 bridgehead atoms. The number of likely N-dealkylation sites (N-methyl/N-ethyl adjacent to an activating group) is 1. The Balaban J connectivity index is 1.93. The van der Waals surface area contributed by atoms with Gasteiger partial charge in [0, 0.05) is 12.2 Å². The molecule has 1 saturated heterocycles. The fraction of sp³-hybridized carbons (Fsp3) is 0.550. The maximum atomic E-state index is 12.6. The van der Waals surface area contributed by atoms with Crippen LogP contribution in [0.25, 0.3) is 0 Å². The van der Waals surface area contributed by atoms with Crippen LogP contribution in [0, 0.1) is 20.8 Å². The lowest BCUT2D eigenvalue weighted by Crippen LogP contribution is -3.11. The predicted octanol–water partition coefficient (Wildman–Crippen LogP) is -0.0685. The summed E-state index contributed by atoms with van der Waals surface area (Å²) in [4.78, 5) is 38.9. The van der Waals surface area contributed by atoms with Gasteiger partial charge < -0.3 is 20.9 Å². The van der Waals surface area contributed by atoms with Gasteiger partial charge in [0.05, 0.1) is 7.05 Å². The molecule has 1 aliphatic heterocycles. The molecular weight excluding hydrogens is 344 g/mol. The Morgan fingerprint density at radius 1 is 1.15 bits per heavy atom. The molecule has 2 atom stereocenters. The summed E-state index contributed by atoms with van der Waals surface area (Å²) in [6.07, 6.45) is 2.39. The first-order valence-corrected chi connectivity index (χ1v) is 9.46. The number of aryl methyl sites for hydroxylation is 3. The molecule has 0 aromatic heterocycles. The number of rotatable bonds is 6. The maximum absolute atomic E-state index is 12.6. The van der Waals surface area contributed by atoms with Gasteiger partial charge in [-0.15, -0.1) is 0 Å². The first-order chi connectivity index (χ1) is 12.7. The van der Waals surface area contributed by atoms with Crippen LogP contribution in [0.5, 0.6) is 0 Å². The van der Waals surface area contributed by atoms with Crippen LogP contribution in [0.15, 0.2) is 12.1 Å². The summed E-state index contributed by atoms with van der Waals surface area (Å²) in [5, 5.41) is 2.96. The molecule has 3 amide bonds. The fourth-order valence-corrected chi connectivity index (χ4v) is 3.78. The van der Waals surface area contributed by atoms with E-state index in [0.717, 1.165) is 40.1 Å². The van der Waals surface area contributed by atoms with Gasteiger partial charge >= 0.3 is 0 Å². The minimum Gasteiger partial charge on any atom is -0.368 e. The van der Waals surface area contributed by atoms with Crippen molar-refractivity contribution in [1.29, 1.82) is 0 Å². The van der Waals surface area contributed by atoms with Crippen molar-refractivity contribution in [3.05, 3.63) is 28.8 Å². The molecule has 1 aliphatic rings. The normalized spacial score (nSPS) is 18.1. The first-order valence-electron chi connectivity index (χ1n) is 9.46. The van der Waals surface area contributed by atoms with Gasteiger partial charge in [-0.1, -0.05) is 17.7 Å². The van der Waals surface area contributed by atoms with Crippen LogP contribution in [0.2, 0.25) is 0 Å². The van der Waals surface area contributed by atoms with Crippen LogP contribution in [0.4, 0.5) is 5.69 Å². The van der Waals surface area contributed by atoms with Crippen molar-refractivity contribution in [2.24, 2.45) is 5.73 Å². The van der Waals surface area contributed by atoms with E-state index in [1.807, 2.05) is 32.9 Å². The van der Waals surface area contributed by atoms with Gasteiger partial charge in [0.15, 0.2) is 13.1 Å². The Morgan fingerprint density at radius 3 is 2.37 bits per heavy atom. The van der Waals surface area contributed by atoms with Crippen molar-refractivity contribution in [2.75, 3.05) is 32.0 Å². The second-order valence-corrected chi connectivity index (χ2v) is 7.63. The van der Waals surface area contributed by atoms with Crippen molar-refractivity contribution in [3.63, 3.8) is 0 Å². The summed E-state index contributed by atoms with van der Waals surface area (Å²) in [7, 11) is 1.80. The number of hydrogen-bond donors (Lipinski definition) is 3. The van der Waals surface area contributed by atoms with E-state index in [9.17, 15) is 14.4 Å². The molecule has 0 spiro atoms. The molecule has 0 radical (unpaired) electrons. The number of benzene rings is 1. The summed E-state index contributed by atoms with van der Waals surface area (Å²) in [6, 6.07) is 3.54. The molecule has 4 N–H and O–H groups in total. The minimum atomic E-state index is -0.522. The smallest absolute Gasteiger partial charge is 0.279 e. The van der Waals surface area contributed by atoms with E-state index in [2.05, 4.69) is 5.32 Å². The highest BCUT2D eigenvalue weighted by molar-refractivity contribution is 5.93. The summed E-state index contributed by atoms with van der Waals surface area (Å²) >= 11 is 0. The van der Waals surface area contributed by atoms with Crippen molar-refractivity contribution in [1.82, 2.24) is 4.90 Å². The molecule has 1 aromatic carbocycles. The number of amides is 3. The number of anilines is 1. The monoisotopic (exact) mass is 375 g/mol. The fourth-order valence-electron chi connectivity index (χ4n) is 3.78. The Labute approximate surface area is 160 Å². The molecule has 148 valence electrons. The summed E-state index contributed by atoms with van der Waals surface area (Å²) in [6.45, 7) is 6.84. The van der Waals surface area contributed by atoms with Crippen LogP contribution in [0.3, 0.4) is 0 Å². The van der Waals surface area contributed by atoms with Gasteiger partial charge in [-0.05, 0) is 51.2 Å². The van der Waals surface area contributed by atoms with Crippen LogP contribution in [-0.4, -0.2) is 55.3 Å².